The van der Waals surface area contributed by atoms with Gasteiger partial charge in [-0.25, -0.2) is 0 Å². The van der Waals surface area contributed by atoms with Gasteiger partial charge in [0, 0.05) is 0 Å². The molecule has 0 aliphatic carbocycles. The number of carbonyl (C=O) groups excluding carboxylic acids is 2. The van der Waals surface area contributed by atoms with Gasteiger partial charge in [-0.1, -0.05) is 0 Å². The molecule has 0 rings (SSSR count). The highest BCUT2D eigenvalue weighted by molar-refractivity contribution is 5.55. The molecule has 0 aliphatic rings. The standard InChI is InChI=1S/C3H6O3.C2H4O2/c4-1-3(6)2-5;3-1-2-4/h1,3,5-6H,2H2;1,4H,2H2. The number of hydrogen-bond donors (Lipinski definition) is 3. The van der Waals surface area contributed by atoms with Crippen LogP contribution in [0.3, 0.4) is 0 Å². The number of rotatable bonds is 3. The van der Waals surface area contributed by atoms with E-state index in [1.165, 1.54) is 0 Å². The largest absolute Gasteiger partial charge is 0.393 e. The third-order valence-corrected chi connectivity index (χ3v) is 0.419. The second-order valence-corrected chi connectivity index (χ2v) is 1.24. The van der Waals surface area contributed by atoms with E-state index in [9.17, 15) is 4.79 Å². The SMILES string of the molecule is O=CC(O)CO.O=CCO. The number of aliphatic hydroxyl groups excluding tert-OH is 3. The fraction of sp³-hybridized carbons (Fsp3) is 0.600. The normalized spacial score (nSPS) is 10.7. The van der Waals surface area contributed by atoms with Gasteiger partial charge in [0.2, 0.25) is 0 Å². The fourth-order valence-corrected chi connectivity index (χ4v) is 0.0430. The van der Waals surface area contributed by atoms with Gasteiger partial charge >= 0.3 is 0 Å². The van der Waals surface area contributed by atoms with Gasteiger partial charge in [-0.15, -0.1) is 0 Å². The maximum absolute atomic E-state index is 9.33. The molecule has 0 aromatic carbocycles. The number of hydrogen-bond acceptors (Lipinski definition) is 5. The van der Waals surface area contributed by atoms with E-state index in [4.69, 9.17) is 20.1 Å². The van der Waals surface area contributed by atoms with Gasteiger partial charge in [-0.05, 0) is 0 Å². The Kier molecular flexibility index (Phi) is 13.2. The van der Waals surface area contributed by atoms with E-state index >= 15 is 0 Å². The van der Waals surface area contributed by atoms with Gasteiger partial charge < -0.3 is 24.9 Å². The molecule has 60 valence electrons. The van der Waals surface area contributed by atoms with Crippen molar-refractivity contribution in [3.63, 3.8) is 0 Å². The second-order valence-electron chi connectivity index (χ2n) is 1.24. The Balaban J connectivity index is 0. The molecule has 5 nitrogen and oxygen atoms in total. The summed E-state index contributed by atoms with van der Waals surface area (Å²) in [6.45, 7) is -0.844. The van der Waals surface area contributed by atoms with Gasteiger partial charge in [0.05, 0.1) is 13.2 Å². The lowest BCUT2D eigenvalue weighted by molar-refractivity contribution is -0.116. The molecular weight excluding hydrogens is 140 g/mol. The molecule has 5 heteroatoms. The summed E-state index contributed by atoms with van der Waals surface area (Å²) in [6.07, 6.45) is -0.481. The molecule has 10 heavy (non-hydrogen) atoms. The quantitative estimate of drug-likeness (QED) is 0.394. The molecule has 0 aliphatic heterocycles. The van der Waals surface area contributed by atoms with Crippen molar-refractivity contribution in [1.82, 2.24) is 0 Å². The zero-order chi connectivity index (χ0) is 8.41. The van der Waals surface area contributed by atoms with E-state index in [0.29, 0.717) is 6.29 Å². The number of aliphatic hydroxyl groups is 3. The minimum Gasteiger partial charge on any atom is -0.393 e. The summed E-state index contributed by atoms with van der Waals surface area (Å²) in [5.41, 5.74) is 0. The molecule has 0 heterocycles. The molecule has 0 radical (unpaired) electrons. The molecule has 0 bridgehead atoms. The molecule has 0 saturated carbocycles. The third kappa shape index (κ3) is 15.7. The Morgan fingerprint density at radius 1 is 1.30 bits per heavy atom. The molecule has 0 saturated heterocycles. The first-order valence-electron chi connectivity index (χ1n) is 2.51. The molecule has 0 aromatic rings. The first-order valence-corrected chi connectivity index (χ1v) is 2.51. The first kappa shape index (κ1) is 12.0. The lowest BCUT2D eigenvalue weighted by Gasteiger charge is -1.89. The van der Waals surface area contributed by atoms with E-state index < -0.39 is 12.7 Å². The summed E-state index contributed by atoms with van der Waals surface area (Å²) in [7, 11) is 0. The van der Waals surface area contributed by atoms with Gasteiger partial charge in [-0.2, -0.15) is 0 Å². The monoisotopic (exact) mass is 150 g/mol. The minimum absolute atomic E-state index is 0.278. The van der Waals surface area contributed by atoms with Crippen LogP contribution in [0.2, 0.25) is 0 Å². The molecule has 0 amide bonds. The zero-order valence-corrected chi connectivity index (χ0v) is 5.30. The van der Waals surface area contributed by atoms with Crippen molar-refractivity contribution in [2.75, 3.05) is 13.2 Å². The van der Waals surface area contributed by atoms with Crippen LogP contribution >= 0.6 is 0 Å². The van der Waals surface area contributed by atoms with Gasteiger partial charge in [0.1, 0.15) is 12.4 Å². The maximum atomic E-state index is 9.33. The molecule has 0 fully saturated rings. The van der Waals surface area contributed by atoms with Crippen molar-refractivity contribution >= 4 is 12.6 Å². The van der Waals surface area contributed by atoms with Crippen LogP contribution in [-0.2, 0) is 9.59 Å². The maximum Gasteiger partial charge on any atom is 0.150 e. The van der Waals surface area contributed by atoms with E-state index in [2.05, 4.69) is 0 Å². The van der Waals surface area contributed by atoms with Crippen molar-refractivity contribution in [3.05, 3.63) is 0 Å². The van der Waals surface area contributed by atoms with Crippen LogP contribution in [-0.4, -0.2) is 47.2 Å². The van der Waals surface area contributed by atoms with Crippen LogP contribution in [0.1, 0.15) is 0 Å². The lowest BCUT2D eigenvalue weighted by atomic mass is 10.4. The van der Waals surface area contributed by atoms with Crippen LogP contribution in [0.25, 0.3) is 0 Å². The summed E-state index contributed by atoms with van der Waals surface area (Å²) in [5.74, 6) is 0. The van der Waals surface area contributed by atoms with Crippen molar-refractivity contribution in [1.29, 1.82) is 0 Å². The van der Waals surface area contributed by atoms with Gasteiger partial charge in [0.15, 0.2) is 6.29 Å². The highest BCUT2D eigenvalue weighted by Gasteiger charge is 1.92. The Bertz CT molecular complexity index is 82.1. The molecule has 0 spiro atoms. The van der Waals surface area contributed by atoms with Crippen molar-refractivity contribution in [2.24, 2.45) is 0 Å². The Morgan fingerprint density at radius 2 is 1.70 bits per heavy atom. The van der Waals surface area contributed by atoms with E-state index in [1.54, 1.807) is 0 Å². The second kappa shape index (κ2) is 11.1. The summed E-state index contributed by atoms with van der Waals surface area (Å²) >= 11 is 0. The van der Waals surface area contributed by atoms with Gasteiger partial charge in [0.25, 0.3) is 0 Å². The smallest absolute Gasteiger partial charge is 0.150 e. The highest BCUT2D eigenvalue weighted by atomic mass is 16.3. The van der Waals surface area contributed by atoms with Gasteiger partial charge in [-0.3, -0.25) is 0 Å². The Hall–Kier alpha value is -0.780. The highest BCUT2D eigenvalue weighted by Crippen LogP contribution is 1.66. The molecule has 3 N–H and O–H groups in total. The van der Waals surface area contributed by atoms with E-state index in [0.717, 1.165) is 0 Å². The minimum atomic E-state index is -1.19. The number of carbonyl (C=O) groups is 2. The van der Waals surface area contributed by atoms with Crippen molar-refractivity contribution in [2.45, 2.75) is 6.10 Å². The van der Waals surface area contributed by atoms with E-state index in [-0.39, 0.29) is 12.9 Å². The molecule has 1 atom stereocenters. The van der Waals surface area contributed by atoms with Crippen LogP contribution in [0.5, 0.6) is 0 Å². The van der Waals surface area contributed by atoms with Crippen LogP contribution in [0, 0.1) is 0 Å². The van der Waals surface area contributed by atoms with Crippen molar-refractivity contribution in [3.8, 4) is 0 Å². The summed E-state index contributed by atoms with van der Waals surface area (Å²) in [4.78, 5) is 18.2. The number of aldehydes is 2. The fourth-order valence-electron chi connectivity index (χ4n) is 0.0430. The zero-order valence-electron chi connectivity index (χ0n) is 5.30. The summed E-state index contributed by atoms with van der Waals surface area (Å²) < 4.78 is 0. The first-order chi connectivity index (χ1) is 4.72. The van der Waals surface area contributed by atoms with E-state index in [1.807, 2.05) is 0 Å². The summed E-state index contributed by atoms with van der Waals surface area (Å²) in [6, 6.07) is 0. The predicted octanol–water partition coefficient (Wildman–Crippen LogP) is -2.28. The Morgan fingerprint density at radius 3 is 1.70 bits per heavy atom. The lowest BCUT2D eigenvalue weighted by Crippen LogP contribution is -2.12. The molecule has 0 aromatic heterocycles. The van der Waals surface area contributed by atoms with Crippen LogP contribution in [0.4, 0.5) is 0 Å². The summed E-state index contributed by atoms with van der Waals surface area (Å²) in [5, 5.41) is 23.4. The van der Waals surface area contributed by atoms with Crippen molar-refractivity contribution < 1.29 is 24.9 Å². The average Bonchev–Trinajstić information content (AvgIpc) is 2.03. The topological polar surface area (TPSA) is 94.8 Å². The predicted molar refractivity (Wildman–Crippen MR) is 32.3 cm³/mol. The average molecular weight is 150 g/mol. The third-order valence-electron chi connectivity index (χ3n) is 0.419. The molecule has 1 unspecified atom stereocenters. The molecular formula is C5H10O5. The Labute approximate surface area is 57.9 Å². The van der Waals surface area contributed by atoms with Crippen LogP contribution < -0.4 is 0 Å². The van der Waals surface area contributed by atoms with Crippen LogP contribution in [0.15, 0.2) is 0 Å².